The molecule has 0 unspecified atom stereocenters. The molecule has 3 rings (SSSR count). The molecule has 1 amide bonds. The summed E-state index contributed by atoms with van der Waals surface area (Å²) in [5, 5.41) is 11.3. The molecule has 0 saturated carbocycles. The molecule has 2 aromatic rings. The van der Waals surface area contributed by atoms with Crippen molar-refractivity contribution in [2.75, 3.05) is 13.2 Å². The van der Waals surface area contributed by atoms with Gasteiger partial charge in [-0.1, -0.05) is 0 Å². The molecule has 1 aliphatic heterocycles. The molecule has 8 heteroatoms. The number of amides is 1. The zero-order valence-corrected chi connectivity index (χ0v) is 15.0. The number of carboxylic acids is 1. The molecule has 0 aliphatic carbocycles. The number of rotatable bonds is 5. The molecule has 136 valence electrons. The lowest BCUT2D eigenvalue weighted by atomic mass is 10.1. The number of likely N-dealkylation sites (tertiary alicyclic amines) is 1. The molecular formula is C18H18N2O5S. The van der Waals surface area contributed by atoms with Crippen molar-refractivity contribution in [2.24, 2.45) is 0 Å². The van der Waals surface area contributed by atoms with E-state index < -0.39 is 11.9 Å². The maximum atomic E-state index is 12.8. The predicted octanol–water partition coefficient (Wildman–Crippen LogP) is 3.00. The molecule has 0 radical (unpaired) electrons. The van der Waals surface area contributed by atoms with Gasteiger partial charge in [0.05, 0.1) is 18.2 Å². The topological polar surface area (TPSA) is 96.8 Å². The van der Waals surface area contributed by atoms with Crippen LogP contribution in [0.3, 0.4) is 0 Å². The zero-order chi connectivity index (χ0) is 18.7. The number of ether oxygens (including phenoxy) is 1. The van der Waals surface area contributed by atoms with E-state index in [2.05, 4.69) is 4.98 Å². The molecular weight excluding hydrogens is 356 g/mol. The van der Waals surface area contributed by atoms with Crippen LogP contribution in [0.4, 0.5) is 0 Å². The van der Waals surface area contributed by atoms with Crippen molar-refractivity contribution < 1.29 is 24.2 Å². The second kappa shape index (κ2) is 7.65. The van der Waals surface area contributed by atoms with Crippen LogP contribution in [-0.4, -0.2) is 46.0 Å². The molecule has 0 spiro atoms. The van der Waals surface area contributed by atoms with Crippen molar-refractivity contribution in [3.8, 4) is 0 Å². The molecule has 0 bridgehead atoms. The third-order valence-corrected chi connectivity index (χ3v) is 5.13. The van der Waals surface area contributed by atoms with E-state index in [0.29, 0.717) is 17.1 Å². The van der Waals surface area contributed by atoms with E-state index in [-0.39, 0.29) is 29.8 Å². The molecule has 1 atom stereocenters. The highest BCUT2D eigenvalue weighted by molar-refractivity contribution is 7.09. The highest BCUT2D eigenvalue weighted by atomic mass is 32.1. The monoisotopic (exact) mass is 374 g/mol. The molecule has 1 aromatic heterocycles. The first-order valence-electron chi connectivity index (χ1n) is 8.28. The molecule has 26 heavy (non-hydrogen) atoms. The molecule has 1 aromatic carbocycles. The SMILES string of the molecule is CCOC(=O)c1csc([C@@H]2CCCN2C(=O)c2ccc(C(=O)O)cc2)n1. The number of nitrogens with zero attached hydrogens (tertiary/aromatic N) is 2. The number of carbonyl (C=O) groups is 3. The Labute approximate surface area is 154 Å². The van der Waals surface area contributed by atoms with Crippen LogP contribution < -0.4 is 0 Å². The largest absolute Gasteiger partial charge is 0.478 e. The van der Waals surface area contributed by atoms with Crippen molar-refractivity contribution in [3.05, 3.63) is 51.5 Å². The first-order chi connectivity index (χ1) is 12.5. The quantitative estimate of drug-likeness (QED) is 0.808. The second-order valence-corrected chi connectivity index (χ2v) is 6.72. The Morgan fingerprint density at radius 1 is 1.27 bits per heavy atom. The van der Waals surface area contributed by atoms with Gasteiger partial charge in [0.1, 0.15) is 5.01 Å². The number of thiazole rings is 1. The Morgan fingerprint density at radius 2 is 1.96 bits per heavy atom. The number of esters is 1. The van der Waals surface area contributed by atoms with Crippen molar-refractivity contribution >= 4 is 29.2 Å². The van der Waals surface area contributed by atoms with E-state index >= 15 is 0 Å². The molecule has 7 nitrogen and oxygen atoms in total. The average Bonchev–Trinajstić information content (AvgIpc) is 3.30. The Morgan fingerprint density at radius 3 is 2.62 bits per heavy atom. The number of aromatic carboxylic acids is 1. The zero-order valence-electron chi connectivity index (χ0n) is 14.2. The molecule has 2 heterocycles. The number of hydrogen-bond donors (Lipinski definition) is 1. The van der Waals surface area contributed by atoms with Crippen molar-refractivity contribution in [1.29, 1.82) is 0 Å². The van der Waals surface area contributed by atoms with Crippen LogP contribution in [0.5, 0.6) is 0 Å². The van der Waals surface area contributed by atoms with Crippen LogP contribution in [0.15, 0.2) is 29.6 Å². The van der Waals surface area contributed by atoms with Crippen LogP contribution in [0, 0.1) is 0 Å². The maximum absolute atomic E-state index is 12.8. The van der Waals surface area contributed by atoms with Gasteiger partial charge in [-0.15, -0.1) is 11.3 Å². The van der Waals surface area contributed by atoms with Gasteiger partial charge in [0.25, 0.3) is 5.91 Å². The number of benzene rings is 1. The summed E-state index contributed by atoms with van der Waals surface area (Å²) in [5.41, 5.74) is 0.833. The van der Waals surface area contributed by atoms with Gasteiger partial charge in [0.15, 0.2) is 5.69 Å². The number of aromatic nitrogens is 1. The fourth-order valence-electron chi connectivity index (χ4n) is 2.93. The molecule has 1 fully saturated rings. The van der Waals surface area contributed by atoms with E-state index in [9.17, 15) is 14.4 Å². The summed E-state index contributed by atoms with van der Waals surface area (Å²) >= 11 is 1.34. The second-order valence-electron chi connectivity index (χ2n) is 5.83. The average molecular weight is 374 g/mol. The minimum atomic E-state index is -1.03. The normalized spacial score (nSPS) is 16.5. The van der Waals surface area contributed by atoms with Crippen molar-refractivity contribution in [3.63, 3.8) is 0 Å². The Hall–Kier alpha value is -2.74. The molecule has 1 saturated heterocycles. The van der Waals surface area contributed by atoms with Gasteiger partial charge < -0.3 is 14.7 Å². The highest BCUT2D eigenvalue weighted by Crippen LogP contribution is 2.35. The molecule has 1 N–H and O–H groups in total. The summed E-state index contributed by atoms with van der Waals surface area (Å²) in [5.74, 6) is -1.66. The van der Waals surface area contributed by atoms with E-state index in [0.717, 1.165) is 12.8 Å². The summed E-state index contributed by atoms with van der Waals surface area (Å²) in [6.45, 7) is 2.61. The first-order valence-corrected chi connectivity index (χ1v) is 9.16. The third kappa shape index (κ3) is 3.60. The molecule has 1 aliphatic rings. The van der Waals surface area contributed by atoms with E-state index in [4.69, 9.17) is 9.84 Å². The summed E-state index contributed by atoms with van der Waals surface area (Å²) in [6, 6.07) is 5.70. The van der Waals surface area contributed by atoms with Crippen LogP contribution in [-0.2, 0) is 4.74 Å². The van der Waals surface area contributed by atoms with Gasteiger partial charge in [0.2, 0.25) is 0 Å². The van der Waals surface area contributed by atoms with Gasteiger partial charge in [0, 0.05) is 17.5 Å². The highest BCUT2D eigenvalue weighted by Gasteiger charge is 2.33. The smallest absolute Gasteiger partial charge is 0.357 e. The summed E-state index contributed by atoms with van der Waals surface area (Å²) in [7, 11) is 0. The van der Waals surface area contributed by atoms with Crippen LogP contribution in [0.1, 0.15) is 62.0 Å². The first kappa shape index (κ1) is 18.1. The van der Waals surface area contributed by atoms with Gasteiger partial charge in [-0.25, -0.2) is 14.6 Å². The summed E-state index contributed by atoms with van der Waals surface area (Å²) in [6.07, 6.45) is 1.62. The van der Waals surface area contributed by atoms with Crippen molar-refractivity contribution in [2.45, 2.75) is 25.8 Å². The number of carboxylic acid groups (broad SMARTS) is 1. The summed E-state index contributed by atoms with van der Waals surface area (Å²) in [4.78, 5) is 41.6. The van der Waals surface area contributed by atoms with E-state index in [1.807, 2.05) is 0 Å². The standard InChI is InChI=1S/C18H18N2O5S/c1-2-25-18(24)13-10-26-15(19-13)14-4-3-9-20(14)16(21)11-5-7-12(8-6-11)17(22)23/h5-8,10,14H,2-4,9H2,1H3,(H,22,23)/t14-/m0/s1. The van der Waals surface area contributed by atoms with Crippen LogP contribution in [0.2, 0.25) is 0 Å². The predicted molar refractivity (Wildman–Crippen MR) is 94.5 cm³/mol. The van der Waals surface area contributed by atoms with Gasteiger partial charge in [-0.3, -0.25) is 4.79 Å². The van der Waals surface area contributed by atoms with Gasteiger partial charge in [-0.05, 0) is 44.0 Å². The minimum absolute atomic E-state index is 0.138. The van der Waals surface area contributed by atoms with Crippen molar-refractivity contribution in [1.82, 2.24) is 9.88 Å². The number of hydrogen-bond acceptors (Lipinski definition) is 6. The van der Waals surface area contributed by atoms with Crippen LogP contribution in [0.25, 0.3) is 0 Å². The Balaban J connectivity index is 1.78. The lowest BCUT2D eigenvalue weighted by Gasteiger charge is -2.23. The fourth-order valence-corrected chi connectivity index (χ4v) is 3.86. The van der Waals surface area contributed by atoms with Gasteiger partial charge in [-0.2, -0.15) is 0 Å². The lowest BCUT2D eigenvalue weighted by Crippen LogP contribution is -2.30. The fraction of sp³-hybridized carbons (Fsp3) is 0.333. The third-order valence-electron chi connectivity index (χ3n) is 4.18. The number of carbonyl (C=O) groups excluding carboxylic acids is 2. The van der Waals surface area contributed by atoms with Crippen LogP contribution >= 0.6 is 11.3 Å². The Bertz CT molecular complexity index is 830. The minimum Gasteiger partial charge on any atom is -0.478 e. The van der Waals surface area contributed by atoms with E-state index in [1.165, 1.54) is 35.6 Å². The lowest BCUT2D eigenvalue weighted by molar-refractivity contribution is 0.0519. The Kier molecular flexibility index (Phi) is 5.32. The summed E-state index contributed by atoms with van der Waals surface area (Å²) < 4.78 is 4.95. The van der Waals surface area contributed by atoms with Gasteiger partial charge >= 0.3 is 11.9 Å². The maximum Gasteiger partial charge on any atom is 0.357 e. The van der Waals surface area contributed by atoms with E-state index in [1.54, 1.807) is 17.2 Å².